The van der Waals surface area contributed by atoms with E-state index in [1.54, 1.807) is 6.33 Å². The number of fused-ring (bicyclic) bond motifs is 4. The third-order valence-corrected chi connectivity index (χ3v) is 8.15. The van der Waals surface area contributed by atoms with Gasteiger partial charge in [0.25, 0.3) is 0 Å². The van der Waals surface area contributed by atoms with Crippen molar-refractivity contribution in [2.24, 2.45) is 5.92 Å². The molecule has 2 fully saturated rings. The average Bonchev–Trinajstić information content (AvgIpc) is 3.70. The highest BCUT2D eigenvalue weighted by Crippen LogP contribution is 2.35. The molecule has 4 heterocycles. The van der Waals surface area contributed by atoms with Crippen molar-refractivity contribution in [1.29, 1.82) is 0 Å². The highest BCUT2D eigenvalue weighted by Gasteiger charge is 2.29. The van der Waals surface area contributed by atoms with E-state index in [1.807, 2.05) is 17.6 Å². The minimum absolute atomic E-state index is 0. The molecule has 1 aliphatic carbocycles. The molecule has 10 heteroatoms. The second-order valence-electron chi connectivity index (χ2n) is 10.9. The summed E-state index contributed by atoms with van der Waals surface area (Å²) in [6.07, 6.45) is 4.91. The Bertz CT molecular complexity index is 1550. The van der Waals surface area contributed by atoms with Crippen LogP contribution in [0.2, 0.25) is 0 Å². The Balaban J connectivity index is 0.00000169. The first-order valence-corrected chi connectivity index (χ1v) is 14.0. The lowest BCUT2D eigenvalue weighted by Crippen LogP contribution is -2.47. The molecule has 0 amide bonds. The van der Waals surface area contributed by atoms with E-state index in [1.165, 1.54) is 16.6 Å². The summed E-state index contributed by atoms with van der Waals surface area (Å²) < 4.78 is 13.7. The number of para-hydroxylation sites is 1. The van der Waals surface area contributed by atoms with Crippen molar-refractivity contribution >= 4 is 47.4 Å². The molecule has 0 unspecified atom stereocenters. The number of aryl methyl sites for hydroxylation is 1. The number of hydrogen-bond donors (Lipinski definition) is 0. The third kappa shape index (κ3) is 5.87. The molecule has 8 nitrogen and oxygen atoms in total. The van der Waals surface area contributed by atoms with Gasteiger partial charge in [-0.15, -0.1) is 24.8 Å². The largest absolute Gasteiger partial charge is 0.485 e. The molecule has 7 rings (SSSR count). The van der Waals surface area contributed by atoms with Crippen LogP contribution in [0.25, 0.3) is 16.6 Å². The maximum Gasteiger partial charge on any atom is 0.358 e. The Morgan fingerprint density at radius 2 is 1.78 bits per heavy atom. The van der Waals surface area contributed by atoms with Gasteiger partial charge in [0.15, 0.2) is 5.69 Å². The fraction of sp³-hybridized carbons (Fsp3) is 0.387. The molecule has 0 spiro atoms. The number of anilines is 1. The normalized spacial score (nSPS) is 16.2. The Hall–Kier alpha value is -3.33. The van der Waals surface area contributed by atoms with Crippen LogP contribution < -0.4 is 9.64 Å². The van der Waals surface area contributed by atoms with Crippen LogP contribution >= 0.6 is 24.8 Å². The van der Waals surface area contributed by atoms with E-state index < -0.39 is 0 Å². The zero-order valence-corrected chi connectivity index (χ0v) is 24.8. The summed E-state index contributed by atoms with van der Waals surface area (Å²) in [6, 6.07) is 17.0. The number of piperazine rings is 1. The summed E-state index contributed by atoms with van der Waals surface area (Å²) in [5.74, 6) is 1.06. The van der Waals surface area contributed by atoms with Crippen molar-refractivity contribution < 1.29 is 14.3 Å². The molecule has 41 heavy (non-hydrogen) atoms. The molecule has 0 N–H and O–H groups in total. The minimum atomic E-state index is -0.354. The fourth-order valence-electron chi connectivity index (χ4n) is 5.71. The van der Waals surface area contributed by atoms with Gasteiger partial charge < -0.3 is 14.4 Å². The van der Waals surface area contributed by atoms with E-state index in [0.29, 0.717) is 24.8 Å². The molecule has 2 aromatic heterocycles. The fourth-order valence-corrected chi connectivity index (χ4v) is 5.71. The van der Waals surface area contributed by atoms with Crippen molar-refractivity contribution in [3.8, 4) is 11.4 Å². The zero-order chi connectivity index (χ0) is 26.3. The van der Waals surface area contributed by atoms with Crippen LogP contribution in [-0.4, -0.2) is 64.7 Å². The monoisotopic (exact) mass is 595 g/mol. The molecule has 2 aromatic carbocycles. The standard InChI is InChI=1S/C31H33N5O3.2ClH/c1-21-8-11-24-25(33-21)5-3-6-26(24)35-16-14-34(15-17-35)13-12-23-4-2-7-27-30(23)38-19-28-29(32-20-36(27)28)31(37)39-18-22-9-10-22;;/h2-8,11,20,22H,9-10,12-19H2,1H3;2*1H. The SMILES string of the molecule is Cc1ccc2c(N3CCN(CCc4cccc5c4OCc4c(C(=O)OCC6CC6)ncn4-5)CC3)cccc2n1.Cl.Cl. The van der Waals surface area contributed by atoms with Crippen LogP contribution in [-0.2, 0) is 17.8 Å². The molecule has 216 valence electrons. The summed E-state index contributed by atoms with van der Waals surface area (Å²) in [4.78, 5) is 26.7. The molecular weight excluding hydrogens is 561 g/mol. The average molecular weight is 597 g/mol. The second-order valence-corrected chi connectivity index (χ2v) is 10.9. The number of benzene rings is 2. The van der Waals surface area contributed by atoms with Crippen LogP contribution in [0.1, 0.15) is 40.3 Å². The van der Waals surface area contributed by atoms with Crippen molar-refractivity contribution in [2.45, 2.75) is 32.8 Å². The minimum Gasteiger partial charge on any atom is -0.485 e. The molecule has 0 atom stereocenters. The third-order valence-electron chi connectivity index (χ3n) is 8.15. The molecule has 0 bridgehead atoms. The number of nitrogens with zero attached hydrogens (tertiary/aromatic N) is 5. The molecule has 4 aromatic rings. The number of rotatable bonds is 7. The lowest BCUT2D eigenvalue weighted by atomic mass is 10.1. The van der Waals surface area contributed by atoms with E-state index in [-0.39, 0.29) is 30.8 Å². The Morgan fingerprint density at radius 3 is 2.59 bits per heavy atom. The first-order valence-electron chi connectivity index (χ1n) is 14.0. The molecule has 0 radical (unpaired) electrons. The number of ether oxygens (including phenoxy) is 2. The maximum absolute atomic E-state index is 12.6. The highest BCUT2D eigenvalue weighted by molar-refractivity contribution is 5.92. The van der Waals surface area contributed by atoms with E-state index in [4.69, 9.17) is 14.5 Å². The summed E-state index contributed by atoms with van der Waals surface area (Å²) >= 11 is 0. The summed E-state index contributed by atoms with van der Waals surface area (Å²) in [6.45, 7) is 7.84. The lowest BCUT2D eigenvalue weighted by Gasteiger charge is -2.36. The van der Waals surface area contributed by atoms with Crippen molar-refractivity contribution in [2.75, 3.05) is 44.2 Å². The first kappa shape index (κ1) is 29.2. The van der Waals surface area contributed by atoms with Crippen LogP contribution in [0.3, 0.4) is 0 Å². The number of pyridine rings is 1. The van der Waals surface area contributed by atoms with Gasteiger partial charge >= 0.3 is 5.97 Å². The van der Waals surface area contributed by atoms with Crippen LogP contribution in [0.5, 0.6) is 5.75 Å². The zero-order valence-electron chi connectivity index (χ0n) is 23.1. The van der Waals surface area contributed by atoms with Gasteiger partial charge in [0, 0.05) is 49.5 Å². The number of imidazole rings is 1. The molecule has 2 aliphatic heterocycles. The summed E-state index contributed by atoms with van der Waals surface area (Å²) in [5.41, 5.74) is 6.63. The van der Waals surface area contributed by atoms with Gasteiger partial charge in [0.1, 0.15) is 18.7 Å². The summed E-state index contributed by atoms with van der Waals surface area (Å²) in [5, 5.41) is 1.22. The van der Waals surface area contributed by atoms with Gasteiger partial charge in [-0.3, -0.25) is 14.5 Å². The Morgan fingerprint density at radius 1 is 1.00 bits per heavy atom. The van der Waals surface area contributed by atoms with Gasteiger partial charge in [-0.1, -0.05) is 18.2 Å². The van der Waals surface area contributed by atoms with Gasteiger partial charge in [0.05, 0.1) is 23.5 Å². The number of hydrogen-bond acceptors (Lipinski definition) is 7. The van der Waals surface area contributed by atoms with Crippen LogP contribution in [0.15, 0.2) is 54.9 Å². The highest BCUT2D eigenvalue weighted by atomic mass is 35.5. The Kier molecular flexibility index (Phi) is 8.73. The molecule has 1 saturated heterocycles. The molecular formula is C31H35Cl2N5O3. The van der Waals surface area contributed by atoms with E-state index in [9.17, 15) is 4.79 Å². The van der Waals surface area contributed by atoms with Crippen molar-refractivity contribution in [1.82, 2.24) is 19.4 Å². The predicted octanol–water partition coefficient (Wildman–Crippen LogP) is 5.40. The van der Waals surface area contributed by atoms with E-state index in [0.717, 1.165) is 80.3 Å². The topological polar surface area (TPSA) is 72.7 Å². The Labute approximate surface area is 252 Å². The van der Waals surface area contributed by atoms with E-state index >= 15 is 0 Å². The summed E-state index contributed by atoms with van der Waals surface area (Å²) in [7, 11) is 0. The van der Waals surface area contributed by atoms with E-state index in [2.05, 4.69) is 57.2 Å². The number of carbonyl (C=O) groups excluding carboxylic acids is 1. The number of esters is 1. The van der Waals surface area contributed by atoms with Crippen LogP contribution in [0, 0.1) is 12.8 Å². The van der Waals surface area contributed by atoms with Gasteiger partial charge in [0.2, 0.25) is 0 Å². The molecule has 1 saturated carbocycles. The van der Waals surface area contributed by atoms with Gasteiger partial charge in [-0.05, 0) is 68.0 Å². The quantitative estimate of drug-likeness (QED) is 0.265. The number of carbonyl (C=O) groups is 1. The first-order chi connectivity index (χ1) is 19.1. The number of halogens is 2. The smallest absolute Gasteiger partial charge is 0.358 e. The predicted molar refractivity (Wildman–Crippen MR) is 164 cm³/mol. The van der Waals surface area contributed by atoms with Crippen molar-refractivity contribution in [3.05, 3.63) is 77.5 Å². The maximum atomic E-state index is 12.6. The second kappa shape index (κ2) is 12.3. The number of aromatic nitrogens is 3. The molecule has 3 aliphatic rings. The lowest BCUT2D eigenvalue weighted by molar-refractivity contribution is 0.0476. The van der Waals surface area contributed by atoms with Gasteiger partial charge in [-0.2, -0.15) is 0 Å². The van der Waals surface area contributed by atoms with Crippen molar-refractivity contribution in [3.63, 3.8) is 0 Å². The van der Waals surface area contributed by atoms with Crippen LogP contribution in [0.4, 0.5) is 5.69 Å². The van der Waals surface area contributed by atoms with Gasteiger partial charge in [-0.25, -0.2) is 9.78 Å².